The Morgan fingerprint density at radius 1 is 1.10 bits per heavy atom. The number of aromatic nitrogens is 1. The lowest BCUT2D eigenvalue weighted by molar-refractivity contribution is 0.101. The Kier molecular flexibility index (Phi) is 3.28. The van der Waals surface area contributed by atoms with Gasteiger partial charge in [-0.3, -0.25) is 19.7 Å². The van der Waals surface area contributed by atoms with Crippen molar-refractivity contribution in [3.63, 3.8) is 0 Å². The van der Waals surface area contributed by atoms with Crippen LogP contribution < -0.4 is 5.43 Å². The maximum atomic E-state index is 12.3. The SMILES string of the molecule is Cc1cc2ccccc2n1NC(=O)c1ccc(C=O)cc1. The predicted octanol–water partition coefficient (Wildman–Crippen LogP) is 3.15. The Morgan fingerprint density at radius 3 is 2.52 bits per heavy atom. The Labute approximate surface area is 122 Å². The van der Waals surface area contributed by atoms with E-state index in [9.17, 15) is 9.59 Å². The lowest BCUT2D eigenvalue weighted by atomic mass is 10.1. The van der Waals surface area contributed by atoms with Gasteiger partial charge < -0.3 is 0 Å². The summed E-state index contributed by atoms with van der Waals surface area (Å²) in [7, 11) is 0. The van der Waals surface area contributed by atoms with Gasteiger partial charge in [0.2, 0.25) is 0 Å². The molecule has 0 atom stereocenters. The quantitative estimate of drug-likeness (QED) is 0.748. The molecule has 4 heteroatoms. The molecular weight excluding hydrogens is 264 g/mol. The second-order valence-corrected chi connectivity index (χ2v) is 4.86. The molecule has 0 aliphatic heterocycles. The standard InChI is InChI=1S/C17H14N2O2/c1-12-10-15-4-2-3-5-16(15)19(12)18-17(21)14-8-6-13(11-20)7-9-14/h2-11H,1H3,(H,18,21). The first kappa shape index (κ1) is 13.1. The van der Waals surface area contributed by atoms with E-state index in [2.05, 4.69) is 5.43 Å². The molecule has 0 saturated carbocycles. The second kappa shape index (κ2) is 5.25. The van der Waals surface area contributed by atoms with Crippen molar-refractivity contribution in [2.45, 2.75) is 6.92 Å². The number of aldehydes is 1. The van der Waals surface area contributed by atoms with Crippen LogP contribution in [0.15, 0.2) is 54.6 Å². The fourth-order valence-electron chi connectivity index (χ4n) is 2.32. The zero-order valence-electron chi connectivity index (χ0n) is 11.5. The van der Waals surface area contributed by atoms with Crippen molar-refractivity contribution >= 4 is 23.1 Å². The largest absolute Gasteiger partial charge is 0.298 e. The normalized spacial score (nSPS) is 10.5. The van der Waals surface area contributed by atoms with Crippen LogP contribution in [-0.2, 0) is 0 Å². The van der Waals surface area contributed by atoms with Crippen molar-refractivity contribution in [2.24, 2.45) is 0 Å². The fraction of sp³-hybridized carbons (Fsp3) is 0.0588. The second-order valence-electron chi connectivity index (χ2n) is 4.86. The van der Waals surface area contributed by atoms with Gasteiger partial charge in [-0.25, -0.2) is 0 Å². The van der Waals surface area contributed by atoms with E-state index in [-0.39, 0.29) is 5.91 Å². The molecule has 0 unspecified atom stereocenters. The summed E-state index contributed by atoms with van der Waals surface area (Å²) in [4.78, 5) is 22.9. The monoisotopic (exact) mass is 278 g/mol. The molecule has 21 heavy (non-hydrogen) atoms. The Hall–Kier alpha value is -2.88. The number of carbonyl (C=O) groups excluding carboxylic acids is 2. The summed E-state index contributed by atoms with van der Waals surface area (Å²) in [6.45, 7) is 1.94. The van der Waals surface area contributed by atoms with Gasteiger partial charge in [-0.05, 0) is 31.2 Å². The van der Waals surface area contributed by atoms with Crippen LogP contribution in [0.3, 0.4) is 0 Å². The maximum absolute atomic E-state index is 12.3. The van der Waals surface area contributed by atoms with E-state index in [1.807, 2.05) is 37.3 Å². The molecule has 2 aromatic carbocycles. The lowest BCUT2D eigenvalue weighted by Crippen LogP contribution is -2.23. The summed E-state index contributed by atoms with van der Waals surface area (Å²) in [6.07, 6.45) is 0.755. The van der Waals surface area contributed by atoms with Crippen LogP contribution in [0.25, 0.3) is 10.9 Å². The number of benzene rings is 2. The van der Waals surface area contributed by atoms with E-state index in [0.717, 1.165) is 22.9 Å². The van der Waals surface area contributed by atoms with Crippen molar-refractivity contribution in [3.05, 3.63) is 71.4 Å². The molecule has 3 rings (SSSR count). The van der Waals surface area contributed by atoms with Crippen molar-refractivity contribution in [3.8, 4) is 0 Å². The highest BCUT2D eigenvalue weighted by Crippen LogP contribution is 2.18. The minimum Gasteiger partial charge on any atom is -0.298 e. The minimum atomic E-state index is -0.211. The van der Waals surface area contributed by atoms with Gasteiger partial charge in [0.1, 0.15) is 6.29 Å². The van der Waals surface area contributed by atoms with Gasteiger partial charge in [-0.15, -0.1) is 0 Å². The molecule has 1 amide bonds. The third-order valence-electron chi connectivity index (χ3n) is 3.42. The molecule has 1 heterocycles. The molecule has 3 aromatic rings. The molecule has 0 aliphatic rings. The summed E-state index contributed by atoms with van der Waals surface area (Å²) < 4.78 is 1.77. The number of fused-ring (bicyclic) bond motifs is 1. The van der Waals surface area contributed by atoms with Crippen LogP contribution >= 0.6 is 0 Å². The smallest absolute Gasteiger partial charge is 0.270 e. The highest BCUT2D eigenvalue weighted by molar-refractivity contribution is 6.01. The van der Waals surface area contributed by atoms with Crippen molar-refractivity contribution < 1.29 is 9.59 Å². The molecular formula is C17H14N2O2. The molecule has 0 spiro atoms. The third-order valence-corrected chi connectivity index (χ3v) is 3.42. The van der Waals surface area contributed by atoms with Crippen LogP contribution in [0, 0.1) is 6.92 Å². The average molecular weight is 278 g/mol. The number of nitrogens with zero attached hydrogens (tertiary/aromatic N) is 1. The number of para-hydroxylation sites is 1. The molecule has 0 fully saturated rings. The molecule has 1 N–H and O–H groups in total. The number of aryl methyl sites for hydroxylation is 1. The lowest BCUT2D eigenvalue weighted by Gasteiger charge is -2.10. The highest BCUT2D eigenvalue weighted by Gasteiger charge is 2.10. The zero-order valence-corrected chi connectivity index (χ0v) is 11.5. The molecule has 104 valence electrons. The predicted molar refractivity (Wildman–Crippen MR) is 82.2 cm³/mol. The van der Waals surface area contributed by atoms with Gasteiger partial charge >= 0.3 is 0 Å². The summed E-state index contributed by atoms with van der Waals surface area (Å²) in [6, 6.07) is 16.4. The maximum Gasteiger partial charge on any atom is 0.270 e. The van der Waals surface area contributed by atoms with Crippen LogP contribution in [0.4, 0.5) is 0 Å². The van der Waals surface area contributed by atoms with E-state index in [4.69, 9.17) is 0 Å². The molecule has 1 aromatic heterocycles. The molecule has 4 nitrogen and oxygen atoms in total. The van der Waals surface area contributed by atoms with Gasteiger partial charge in [0.25, 0.3) is 5.91 Å². The first-order valence-electron chi connectivity index (χ1n) is 6.63. The van der Waals surface area contributed by atoms with E-state index in [1.54, 1.807) is 28.9 Å². The fourth-order valence-corrected chi connectivity index (χ4v) is 2.32. The van der Waals surface area contributed by atoms with Gasteiger partial charge in [-0.1, -0.05) is 30.3 Å². The van der Waals surface area contributed by atoms with Crippen molar-refractivity contribution in [2.75, 3.05) is 5.43 Å². The van der Waals surface area contributed by atoms with Crippen LogP contribution in [0.5, 0.6) is 0 Å². The number of hydrogen-bond acceptors (Lipinski definition) is 2. The molecule has 0 saturated heterocycles. The van der Waals surface area contributed by atoms with Crippen molar-refractivity contribution in [1.82, 2.24) is 4.68 Å². The Bertz CT molecular complexity index is 816. The van der Waals surface area contributed by atoms with E-state index < -0.39 is 0 Å². The minimum absolute atomic E-state index is 0.211. The highest BCUT2D eigenvalue weighted by atomic mass is 16.2. The van der Waals surface area contributed by atoms with Crippen LogP contribution in [0.1, 0.15) is 26.4 Å². The number of amides is 1. The third kappa shape index (κ3) is 2.43. The van der Waals surface area contributed by atoms with Gasteiger partial charge in [0, 0.05) is 22.2 Å². The summed E-state index contributed by atoms with van der Waals surface area (Å²) in [5, 5.41) is 1.08. The summed E-state index contributed by atoms with van der Waals surface area (Å²) >= 11 is 0. The summed E-state index contributed by atoms with van der Waals surface area (Å²) in [5.41, 5.74) is 5.84. The van der Waals surface area contributed by atoms with Gasteiger partial charge in [0.05, 0.1) is 5.52 Å². The zero-order chi connectivity index (χ0) is 14.8. The first-order valence-corrected chi connectivity index (χ1v) is 6.63. The number of hydrogen-bond donors (Lipinski definition) is 1. The van der Waals surface area contributed by atoms with E-state index >= 15 is 0 Å². The number of nitrogens with one attached hydrogen (secondary N) is 1. The molecule has 0 radical (unpaired) electrons. The summed E-state index contributed by atoms with van der Waals surface area (Å²) in [5.74, 6) is -0.211. The first-order chi connectivity index (χ1) is 10.2. The Morgan fingerprint density at radius 2 is 1.81 bits per heavy atom. The number of rotatable bonds is 3. The number of carbonyl (C=O) groups is 2. The molecule has 0 bridgehead atoms. The van der Waals surface area contributed by atoms with Crippen molar-refractivity contribution in [1.29, 1.82) is 0 Å². The average Bonchev–Trinajstić information content (AvgIpc) is 2.83. The van der Waals surface area contributed by atoms with E-state index in [0.29, 0.717) is 11.1 Å². The van der Waals surface area contributed by atoms with Gasteiger partial charge in [-0.2, -0.15) is 0 Å². The van der Waals surface area contributed by atoms with Gasteiger partial charge in [0.15, 0.2) is 0 Å². The van der Waals surface area contributed by atoms with Crippen LogP contribution in [-0.4, -0.2) is 16.9 Å². The molecule has 0 aliphatic carbocycles. The van der Waals surface area contributed by atoms with Crippen LogP contribution in [0.2, 0.25) is 0 Å². The topological polar surface area (TPSA) is 51.1 Å². The Balaban J connectivity index is 1.92. The van der Waals surface area contributed by atoms with E-state index in [1.165, 1.54) is 0 Å².